The number of aryl methyl sites for hydroxylation is 1. The molecule has 1 aromatic rings. The van der Waals surface area contributed by atoms with Crippen molar-refractivity contribution in [2.75, 3.05) is 13.1 Å². The third kappa shape index (κ3) is 2.77. The Balaban J connectivity index is 2.26. The Morgan fingerprint density at radius 1 is 1.50 bits per heavy atom. The number of hydrogen-bond acceptors (Lipinski definition) is 4. The maximum absolute atomic E-state index is 12.5. The van der Waals surface area contributed by atoms with Gasteiger partial charge in [-0.2, -0.15) is 4.31 Å². The highest BCUT2D eigenvalue weighted by atomic mass is 32.2. The molecule has 1 saturated carbocycles. The Hall–Kier alpha value is -0.430. The Morgan fingerprint density at radius 3 is 2.61 bits per heavy atom. The molecular weight excluding hydrogens is 268 g/mol. The molecule has 0 aromatic carbocycles. The van der Waals surface area contributed by atoms with Crippen LogP contribution in [0.5, 0.6) is 0 Å². The largest absolute Gasteiger partial charge is 0.326 e. The summed E-state index contributed by atoms with van der Waals surface area (Å²) in [5, 5.41) is 0. The van der Waals surface area contributed by atoms with Crippen molar-refractivity contribution in [2.24, 2.45) is 11.7 Å². The van der Waals surface area contributed by atoms with Crippen LogP contribution in [-0.2, 0) is 16.6 Å². The van der Waals surface area contributed by atoms with Gasteiger partial charge < -0.3 is 5.73 Å². The second-order valence-corrected chi connectivity index (χ2v) is 8.08. The van der Waals surface area contributed by atoms with E-state index in [0.29, 0.717) is 29.8 Å². The molecule has 0 unspecified atom stereocenters. The quantitative estimate of drug-likeness (QED) is 0.870. The summed E-state index contributed by atoms with van der Waals surface area (Å²) in [6.45, 7) is 5.40. The number of nitrogens with two attached hydrogens (primary N) is 1. The van der Waals surface area contributed by atoms with Crippen molar-refractivity contribution >= 4 is 21.4 Å². The van der Waals surface area contributed by atoms with E-state index in [4.69, 9.17) is 5.73 Å². The lowest BCUT2D eigenvalue weighted by Gasteiger charge is -2.19. The molecule has 2 N–H and O–H groups in total. The van der Waals surface area contributed by atoms with E-state index in [-0.39, 0.29) is 0 Å². The fourth-order valence-corrected chi connectivity index (χ4v) is 5.08. The molecule has 1 aliphatic rings. The fourth-order valence-electron chi connectivity index (χ4n) is 1.93. The predicted octanol–water partition coefficient (Wildman–Crippen LogP) is 1.94. The third-order valence-electron chi connectivity index (χ3n) is 3.29. The molecule has 0 radical (unpaired) electrons. The molecule has 1 aromatic heterocycles. The molecule has 0 saturated heterocycles. The van der Waals surface area contributed by atoms with Crippen molar-refractivity contribution in [3.05, 3.63) is 16.5 Å². The van der Waals surface area contributed by atoms with E-state index in [1.54, 1.807) is 10.4 Å². The lowest BCUT2D eigenvalue weighted by atomic mass is 10.3. The molecule has 102 valence electrons. The molecule has 0 spiro atoms. The smallest absolute Gasteiger partial charge is 0.252 e. The van der Waals surface area contributed by atoms with Gasteiger partial charge in [-0.1, -0.05) is 6.92 Å². The molecule has 1 heterocycles. The Kier molecular flexibility index (Phi) is 4.11. The molecule has 6 heteroatoms. The van der Waals surface area contributed by atoms with Crippen LogP contribution in [0.2, 0.25) is 0 Å². The van der Waals surface area contributed by atoms with Crippen LogP contribution in [-0.4, -0.2) is 25.8 Å². The van der Waals surface area contributed by atoms with Crippen LogP contribution in [0.1, 0.15) is 30.2 Å². The number of thiophene rings is 1. The van der Waals surface area contributed by atoms with E-state index in [9.17, 15) is 8.42 Å². The first-order valence-electron chi connectivity index (χ1n) is 6.28. The van der Waals surface area contributed by atoms with Crippen molar-refractivity contribution < 1.29 is 8.42 Å². The van der Waals surface area contributed by atoms with E-state index in [0.717, 1.165) is 23.3 Å². The Labute approximate surface area is 113 Å². The molecular formula is C12H20N2O2S2. The average molecular weight is 288 g/mol. The predicted molar refractivity (Wildman–Crippen MR) is 74.1 cm³/mol. The van der Waals surface area contributed by atoms with E-state index >= 15 is 0 Å². The van der Waals surface area contributed by atoms with Gasteiger partial charge in [-0.25, -0.2) is 8.42 Å². The molecule has 1 aliphatic carbocycles. The van der Waals surface area contributed by atoms with Crippen molar-refractivity contribution in [3.8, 4) is 0 Å². The van der Waals surface area contributed by atoms with Gasteiger partial charge in [0.15, 0.2) is 0 Å². The van der Waals surface area contributed by atoms with Crippen molar-refractivity contribution in [2.45, 2.75) is 37.4 Å². The van der Waals surface area contributed by atoms with Crippen LogP contribution in [0.4, 0.5) is 0 Å². The van der Waals surface area contributed by atoms with E-state index < -0.39 is 10.0 Å². The molecule has 0 amide bonds. The molecule has 0 aliphatic heterocycles. The number of sulfonamides is 1. The van der Waals surface area contributed by atoms with Crippen LogP contribution in [0.3, 0.4) is 0 Å². The Bertz CT molecular complexity index is 518. The lowest BCUT2D eigenvalue weighted by molar-refractivity contribution is 0.413. The molecule has 18 heavy (non-hydrogen) atoms. The van der Waals surface area contributed by atoms with Gasteiger partial charge >= 0.3 is 0 Å². The lowest BCUT2D eigenvalue weighted by Crippen LogP contribution is -2.32. The van der Waals surface area contributed by atoms with Gasteiger partial charge in [0.1, 0.15) is 4.21 Å². The van der Waals surface area contributed by atoms with Crippen molar-refractivity contribution in [3.63, 3.8) is 0 Å². The van der Waals surface area contributed by atoms with Gasteiger partial charge in [0.05, 0.1) is 0 Å². The van der Waals surface area contributed by atoms with Gasteiger partial charge in [0.2, 0.25) is 0 Å². The fraction of sp³-hybridized carbons (Fsp3) is 0.667. The second kappa shape index (κ2) is 5.28. The SMILES string of the molecule is CCN(CC1CC1)S(=O)(=O)c1cc(C)c(CN)s1. The first-order chi connectivity index (χ1) is 8.48. The summed E-state index contributed by atoms with van der Waals surface area (Å²) in [7, 11) is -3.32. The first-order valence-corrected chi connectivity index (χ1v) is 8.54. The summed E-state index contributed by atoms with van der Waals surface area (Å²) >= 11 is 1.30. The molecule has 0 atom stereocenters. The zero-order valence-corrected chi connectivity index (χ0v) is 12.5. The van der Waals surface area contributed by atoms with E-state index in [1.807, 2.05) is 13.8 Å². The summed E-state index contributed by atoms with van der Waals surface area (Å²) < 4.78 is 27.0. The average Bonchev–Trinajstić information content (AvgIpc) is 3.07. The van der Waals surface area contributed by atoms with Gasteiger partial charge in [0, 0.05) is 24.5 Å². The second-order valence-electron chi connectivity index (χ2n) is 4.77. The van der Waals surface area contributed by atoms with Crippen LogP contribution >= 0.6 is 11.3 Å². The van der Waals surface area contributed by atoms with Gasteiger partial charge in [-0.05, 0) is 37.3 Å². The zero-order valence-electron chi connectivity index (χ0n) is 10.8. The topological polar surface area (TPSA) is 63.4 Å². The van der Waals surface area contributed by atoms with Gasteiger partial charge in [-0.3, -0.25) is 0 Å². The summed E-state index contributed by atoms with van der Waals surface area (Å²) in [5.74, 6) is 0.565. The normalized spacial score (nSPS) is 16.4. The molecule has 1 fully saturated rings. The van der Waals surface area contributed by atoms with Crippen molar-refractivity contribution in [1.29, 1.82) is 0 Å². The van der Waals surface area contributed by atoms with Crippen LogP contribution < -0.4 is 5.73 Å². The van der Waals surface area contributed by atoms with Crippen molar-refractivity contribution in [1.82, 2.24) is 4.31 Å². The minimum atomic E-state index is -3.32. The number of rotatable bonds is 6. The highest BCUT2D eigenvalue weighted by Crippen LogP contribution is 2.33. The minimum absolute atomic E-state index is 0.404. The van der Waals surface area contributed by atoms with Crippen LogP contribution in [0.25, 0.3) is 0 Å². The summed E-state index contributed by atoms with van der Waals surface area (Å²) in [6.07, 6.45) is 2.31. The van der Waals surface area contributed by atoms with Gasteiger partial charge in [0.25, 0.3) is 10.0 Å². The monoisotopic (exact) mass is 288 g/mol. The van der Waals surface area contributed by atoms with Crippen LogP contribution in [0.15, 0.2) is 10.3 Å². The number of nitrogens with zero attached hydrogens (tertiary/aromatic N) is 1. The molecule has 2 rings (SSSR count). The first kappa shape index (κ1) is 14.0. The highest BCUT2D eigenvalue weighted by Gasteiger charge is 2.31. The standard InChI is InChI=1S/C12H20N2O2S2/c1-3-14(8-10-4-5-10)18(15,16)12-6-9(2)11(7-13)17-12/h6,10H,3-5,7-8,13H2,1-2H3. The highest BCUT2D eigenvalue weighted by molar-refractivity contribution is 7.91. The zero-order chi connectivity index (χ0) is 13.3. The minimum Gasteiger partial charge on any atom is -0.326 e. The summed E-state index contributed by atoms with van der Waals surface area (Å²) in [5.41, 5.74) is 6.58. The molecule has 0 bridgehead atoms. The third-order valence-corrected chi connectivity index (χ3v) is 6.94. The molecule has 4 nitrogen and oxygen atoms in total. The van der Waals surface area contributed by atoms with E-state index in [2.05, 4.69) is 0 Å². The van der Waals surface area contributed by atoms with Crippen LogP contribution in [0, 0.1) is 12.8 Å². The Morgan fingerprint density at radius 2 is 2.17 bits per heavy atom. The van der Waals surface area contributed by atoms with Gasteiger partial charge in [-0.15, -0.1) is 11.3 Å². The summed E-state index contributed by atoms with van der Waals surface area (Å²) in [6, 6.07) is 1.75. The summed E-state index contributed by atoms with van der Waals surface area (Å²) in [4.78, 5) is 0.955. The maximum Gasteiger partial charge on any atom is 0.252 e. The number of hydrogen-bond donors (Lipinski definition) is 1. The maximum atomic E-state index is 12.5. The van der Waals surface area contributed by atoms with E-state index in [1.165, 1.54) is 11.3 Å².